The highest BCUT2D eigenvalue weighted by Crippen LogP contribution is 2.36. The molecule has 0 spiro atoms. The summed E-state index contributed by atoms with van der Waals surface area (Å²) in [6, 6.07) is 13.0. The summed E-state index contributed by atoms with van der Waals surface area (Å²) in [7, 11) is 0. The second-order valence-corrected chi connectivity index (χ2v) is 9.97. The Bertz CT molecular complexity index is 1500. The minimum atomic E-state index is 0.332. The molecule has 5 aromatic rings. The van der Waals surface area contributed by atoms with Crippen molar-refractivity contribution in [2.45, 2.75) is 32.7 Å². The number of nitrogens with one attached hydrogen (secondary N) is 1. The van der Waals surface area contributed by atoms with E-state index in [0.717, 1.165) is 74.6 Å². The van der Waals surface area contributed by atoms with E-state index in [-0.39, 0.29) is 0 Å². The number of nitrogens with zero attached hydrogens (tertiary/aromatic N) is 5. The fraction of sp³-hybridized carbons (Fsp3) is 0.280. The van der Waals surface area contributed by atoms with Crippen molar-refractivity contribution >= 4 is 51.4 Å². The van der Waals surface area contributed by atoms with Crippen molar-refractivity contribution in [2.24, 2.45) is 0 Å². The first-order valence-corrected chi connectivity index (χ1v) is 12.5. The molecule has 2 aromatic carbocycles. The van der Waals surface area contributed by atoms with Crippen LogP contribution in [0.5, 0.6) is 0 Å². The van der Waals surface area contributed by atoms with Crippen LogP contribution in [0.15, 0.2) is 47.1 Å². The number of nitrogen functional groups attached to an aromatic ring is 1. The van der Waals surface area contributed by atoms with Gasteiger partial charge in [-0.1, -0.05) is 18.2 Å². The Balaban J connectivity index is 1.33. The third-order valence-corrected chi connectivity index (χ3v) is 7.33. The van der Waals surface area contributed by atoms with Gasteiger partial charge in [0.25, 0.3) is 6.01 Å². The molecule has 9 heteroatoms. The first kappa shape index (κ1) is 21.0. The lowest BCUT2D eigenvalue weighted by atomic mass is 10.1. The lowest BCUT2D eigenvalue weighted by Gasteiger charge is -2.21. The lowest BCUT2D eigenvalue weighted by Crippen LogP contribution is -2.16. The van der Waals surface area contributed by atoms with Crippen LogP contribution in [0.25, 0.3) is 33.4 Å². The Kier molecular flexibility index (Phi) is 5.13. The smallest absolute Gasteiger partial charge is 0.300 e. The minimum Gasteiger partial charge on any atom is -0.423 e. The predicted molar refractivity (Wildman–Crippen MR) is 138 cm³/mol. The summed E-state index contributed by atoms with van der Waals surface area (Å²) in [5, 5.41) is 9.06. The fourth-order valence-electron chi connectivity index (χ4n) is 4.65. The van der Waals surface area contributed by atoms with Crippen molar-refractivity contribution in [1.29, 1.82) is 0 Å². The van der Waals surface area contributed by atoms with Gasteiger partial charge in [0, 0.05) is 11.3 Å². The number of oxazole rings is 1. The summed E-state index contributed by atoms with van der Waals surface area (Å²) >= 11 is 1.99. The van der Waals surface area contributed by atoms with E-state index < -0.39 is 0 Å². The van der Waals surface area contributed by atoms with E-state index in [1.165, 1.54) is 6.33 Å². The maximum atomic E-state index is 6.29. The van der Waals surface area contributed by atoms with E-state index in [1.807, 2.05) is 49.0 Å². The van der Waals surface area contributed by atoms with E-state index >= 15 is 0 Å². The second kappa shape index (κ2) is 8.32. The standard InChI is InChI=1S/C25H25N7OS/c1-14-11-15(2)22-19(12-14)30-25(33-22)29-17-5-3-16(4-6-17)21-20-23(26)27-13-28-24(20)32(31-21)18-7-9-34-10-8-18/h3-6,11-13,18H,7-10H2,1-2H3,(H,29,30)(H2,26,27,28). The van der Waals surface area contributed by atoms with Gasteiger partial charge in [0.1, 0.15) is 23.4 Å². The van der Waals surface area contributed by atoms with Gasteiger partial charge < -0.3 is 15.5 Å². The third-order valence-electron chi connectivity index (χ3n) is 6.28. The number of anilines is 3. The quantitative estimate of drug-likeness (QED) is 0.346. The van der Waals surface area contributed by atoms with Crippen LogP contribution in [-0.2, 0) is 0 Å². The molecule has 1 saturated heterocycles. The van der Waals surface area contributed by atoms with Gasteiger partial charge in [-0.3, -0.25) is 0 Å². The zero-order chi connectivity index (χ0) is 23.2. The Labute approximate surface area is 201 Å². The van der Waals surface area contributed by atoms with Crippen LogP contribution in [-0.4, -0.2) is 36.2 Å². The fourth-order valence-corrected chi connectivity index (χ4v) is 5.73. The van der Waals surface area contributed by atoms with E-state index in [4.69, 9.17) is 15.2 Å². The second-order valence-electron chi connectivity index (χ2n) is 8.75. The Morgan fingerprint density at radius 2 is 1.88 bits per heavy atom. The molecule has 0 atom stereocenters. The van der Waals surface area contributed by atoms with Crippen molar-refractivity contribution in [3.8, 4) is 11.3 Å². The molecule has 4 heterocycles. The molecule has 8 nitrogen and oxygen atoms in total. The first-order chi connectivity index (χ1) is 16.6. The van der Waals surface area contributed by atoms with Crippen LogP contribution < -0.4 is 11.1 Å². The molecule has 0 aliphatic carbocycles. The first-order valence-electron chi connectivity index (χ1n) is 11.4. The highest BCUT2D eigenvalue weighted by molar-refractivity contribution is 7.99. The summed E-state index contributed by atoms with van der Waals surface area (Å²) < 4.78 is 8.00. The summed E-state index contributed by atoms with van der Waals surface area (Å²) in [6.07, 6.45) is 3.68. The van der Waals surface area contributed by atoms with Crippen LogP contribution in [0.1, 0.15) is 30.0 Å². The highest BCUT2D eigenvalue weighted by Gasteiger charge is 2.23. The summed E-state index contributed by atoms with van der Waals surface area (Å²) in [6.45, 7) is 4.09. The molecule has 3 aromatic heterocycles. The number of nitrogens with two attached hydrogens (primary N) is 1. The van der Waals surface area contributed by atoms with Gasteiger partial charge >= 0.3 is 0 Å². The van der Waals surface area contributed by atoms with Crippen molar-refractivity contribution < 1.29 is 4.42 Å². The van der Waals surface area contributed by atoms with Gasteiger partial charge in [-0.25, -0.2) is 14.6 Å². The SMILES string of the molecule is Cc1cc(C)c2oc(Nc3ccc(-c4nn(C5CCSCC5)c5ncnc(N)c45)cc3)nc2c1. The van der Waals surface area contributed by atoms with E-state index in [1.54, 1.807) is 0 Å². The van der Waals surface area contributed by atoms with Gasteiger partial charge in [-0.2, -0.15) is 21.8 Å². The molecule has 0 amide bonds. The van der Waals surface area contributed by atoms with Gasteiger partial charge in [-0.05, 0) is 67.5 Å². The van der Waals surface area contributed by atoms with Crippen molar-refractivity contribution in [3.05, 3.63) is 53.9 Å². The minimum absolute atomic E-state index is 0.332. The number of fused-ring (bicyclic) bond motifs is 2. The number of aryl methyl sites for hydroxylation is 2. The average molecular weight is 472 g/mol. The summed E-state index contributed by atoms with van der Waals surface area (Å²) in [4.78, 5) is 13.4. The van der Waals surface area contributed by atoms with E-state index in [0.29, 0.717) is 17.9 Å². The number of hydrogen-bond donors (Lipinski definition) is 2. The monoisotopic (exact) mass is 471 g/mol. The maximum Gasteiger partial charge on any atom is 0.300 e. The zero-order valence-corrected chi connectivity index (χ0v) is 19.9. The molecule has 0 radical (unpaired) electrons. The van der Waals surface area contributed by atoms with E-state index in [9.17, 15) is 0 Å². The highest BCUT2D eigenvalue weighted by atomic mass is 32.2. The molecule has 1 fully saturated rings. The molecular weight excluding hydrogens is 446 g/mol. The zero-order valence-electron chi connectivity index (χ0n) is 19.1. The molecule has 3 N–H and O–H groups in total. The van der Waals surface area contributed by atoms with Gasteiger partial charge in [0.15, 0.2) is 11.2 Å². The van der Waals surface area contributed by atoms with Gasteiger partial charge in [-0.15, -0.1) is 0 Å². The van der Waals surface area contributed by atoms with Crippen LogP contribution in [0.4, 0.5) is 17.5 Å². The summed E-state index contributed by atoms with van der Waals surface area (Å²) in [5.41, 5.74) is 13.6. The molecule has 1 aliphatic rings. The molecule has 0 unspecified atom stereocenters. The largest absolute Gasteiger partial charge is 0.423 e. The summed E-state index contributed by atoms with van der Waals surface area (Å²) in [5.74, 6) is 2.73. The average Bonchev–Trinajstić information content (AvgIpc) is 3.43. The molecule has 0 bridgehead atoms. The van der Waals surface area contributed by atoms with Crippen LogP contribution in [0, 0.1) is 13.8 Å². The number of aromatic nitrogens is 5. The number of thioether (sulfide) groups is 1. The molecule has 6 rings (SSSR count). The van der Waals surface area contributed by atoms with Crippen molar-refractivity contribution in [1.82, 2.24) is 24.7 Å². The molecule has 172 valence electrons. The number of rotatable bonds is 4. The van der Waals surface area contributed by atoms with Crippen LogP contribution in [0.3, 0.4) is 0 Å². The third kappa shape index (κ3) is 3.66. The number of benzene rings is 2. The molecule has 34 heavy (non-hydrogen) atoms. The Hall–Kier alpha value is -3.59. The molecule has 1 aliphatic heterocycles. The lowest BCUT2D eigenvalue weighted by molar-refractivity contribution is 0.438. The van der Waals surface area contributed by atoms with E-state index in [2.05, 4.69) is 37.9 Å². The topological polar surface area (TPSA) is 108 Å². The van der Waals surface area contributed by atoms with Gasteiger partial charge in [0.2, 0.25) is 0 Å². The normalized spacial score (nSPS) is 14.8. The van der Waals surface area contributed by atoms with Crippen LogP contribution >= 0.6 is 11.8 Å². The number of hydrogen-bond acceptors (Lipinski definition) is 8. The molecule has 0 saturated carbocycles. The van der Waals surface area contributed by atoms with Crippen molar-refractivity contribution in [2.75, 3.05) is 22.6 Å². The molecular formula is C25H25N7OS. The maximum absolute atomic E-state index is 6.29. The Morgan fingerprint density at radius 1 is 1.09 bits per heavy atom. The van der Waals surface area contributed by atoms with Gasteiger partial charge in [0.05, 0.1) is 11.4 Å². The Morgan fingerprint density at radius 3 is 2.68 bits per heavy atom. The van der Waals surface area contributed by atoms with Crippen LogP contribution in [0.2, 0.25) is 0 Å². The van der Waals surface area contributed by atoms with Crippen molar-refractivity contribution in [3.63, 3.8) is 0 Å². The predicted octanol–water partition coefficient (Wildman–Crippen LogP) is 5.65.